The molecule has 0 fully saturated rings. The lowest BCUT2D eigenvalue weighted by molar-refractivity contribution is 0.0494. The van der Waals surface area contributed by atoms with Gasteiger partial charge in [0.15, 0.2) is 0 Å². The Balaban J connectivity index is 2.03. The summed E-state index contributed by atoms with van der Waals surface area (Å²) in [6.07, 6.45) is 0. The van der Waals surface area contributed by atoms with Gasteiger partial charge in [-0.25, -0.2) is 4.79 Å². The first kappa shape index (κ1) is 16.8. The first-order chi connectivity index (χ1) is 12.0. The first-order valence-electron chi connectivity index (χ1n) is 8.08. The summed E-state index contributed by atoms with van der Waals surface area (Å²) in [5.41, 5.74) is 3.36. The molecule has 128 valence electrons. The normalized spacial score (nSPS) is 10.7. The Labute approximate surface area is 145 Å². The molecule has 1 aromatic heterocycles. The van der Waals surface area contributed by atoms with Crippen molar-refractivity contribution in [2.75, 3.05) is 11.9 Å². The molecule has 0 aliphatic heterocycles. The molecule has 0 radical (unpaired) electrons. The molecule has 0 spiro atoms. The van der Waals surface area contributed by atoms with Crippen molar-refractivity contribution in [2.24, 2.45) is 0 Å². The molecule has 0 unspecified atom stereocenters. The second-order valence-corrected chi connectivity index (χ2v) is 5.85. The molecule has 3 rings (SSSR count). The number of amides is 1. The highest BCUT2D eigenvalue weighted by molar-refractivity contribution is 6.13. The van der Waals surface area contributed by atoms with Crippen molar-refractivity contribution >= 4 is 28.5 Å². The van der Waals surface area contributed by atoms with Gasteiger partial charge >= 0.3 is 5.97 Å². The standard InChI is InChI=1S/C20H19NO4/c1-4-24-20(23)18-17(15-7-5-6-8-16(15)25-18)21-19(22)14-10-12(2)9-13(3)11-14/h5-11H,4H2,1-3H3,(H,21,22). The van der Waals surface area contributed by atoms with Gasteiger partial charge in [-0.05, 0) is 45.0 Å². The molecule has 0 saturated heterocycles. The number of carbonyl (C=O) groups is 2. The monoisotopic (exact) mass is 337 g/mol. The van der Waals surface area contributed by atoms with Crippen LogP contribution in [-0.2, 0) is 4.74 Å². The molecule has 0 bridgehead atoms. The van der Waals surface area contributed by atoms with Gasteiger partial charge in [0.05, 0.1) is 6.61 Å². The molecule has 5 nitrogen and oxygen atoms in total. The maximum absolute atomic E-state index is 12.7. The summed E-state index contributed by atoms with van der Waals surface area (Å²) in [7, 11) is 0. The largest absolute Gasteiger partial charge is 0.460 e. The number of hydrogen-bond acceptors (Lipinski definition) is 4. The van der Waals surface area contributed by atoms with Crippen molar-refractivity contribution in [1.82, 2.24) is 0 Å². The van der Waals surface area contributed by atoms with Crippen LogP contribution >= 0.6 is 0 Å². The SMILES string of the molecule is CCOC(=O)c1oc2ccccc2c1NC(=O)c1cc(C)cc(C)c1. The molecule has 2 aromatic carbocycles. The fraction of sp³-hybridized carbons (Fsp3) is 0.200. The van der Waals surface area contributed by atoms with E-state index in [1.54, 1.807) is 37.3 Å². The minimum Gasteiger partial charge on any atom is -0.460 e. The predicted molar refractivity (Wildman–Crippen MR) is 96.0 cm³/mol. The van der Waals surface area contributed by atoms with Gasteiger partial charge < -0.3 is 14.5 Å². The number of carbonyl (C=O) groups excluding carboxylic acids is 2. The van der Waals surface area contributed by atoms with Crippen LogP contribution in [0.3, 0.4) is 0 Å². The summed E-state index contributed by atoms with van der Waals surface area (Å²) in [5, 5.41) is 3.47. The highest BCUT2D eigenvalue weighted by Gasteiger charge is 2.23. The van der Waals surface area contributed by atoms with E-state index < -0.39 is 5.97 Å². The number of benzene rings is 2. The highest BCUT2D eigenvalue weighted by Crippen LogP contribution is 2.32. The lowest BCUT2D eigenvalue weighted by atomic mass is 10.1. The topological polar surface area (TPSA) is 68.5 Å². The van der Waals surface area contributed by atoms with Crippen LogP contribution in [0.1, 0.15) is 39.0 Å². The molecule has 0 saturated carbocycles. The maximum atomic E-state index is 12.7. The molecule has 25 heavy (non-hydrogen) atoms. The number of fused-ring (bicyclic) bond motifs is 1. The van der Waals surface area contributed by atoms with Crippen molar-refractivity contribution < 1.29 is 18.7 Å². The summed E-state index contributed by atoms with van der Waals surface area (Å²) >= 11 is 0. The number of ether oxygens (including phenoxy) is 1. The van der Waals surface area contributed by atoms with E-state index in [4.69, 9.17) is 9.15 Å². The van der Waals surface area contributed by atoms with Gasteiger partial charge in [-0.2, -0.15) is 0 Å². The molecule has 3 aromatic rings. The molecule has 5 heteroatoms. The van der Waals surface area contributed by atoms with E-state index in [9.17, 15) is 9.59 Å². The molecule has 0 atom stereocenters. The number of hydrogen-bond donors (Lipinski definition) is 1. The van der Waals surface area contributed by atoms with Gasteiger partial charge in [0.25, 0.3) is 5.91 Å². The zero-order chi connectivity index (χ0) is 18.0. The predicted octanol–water partition coefficient (Wildman–Crippen LogP) is 4.48. The second kappa shape index (κ2) is 6.81. The van der Waals surface area contributed by atoms with Crippen LogP contribution in [-0.4, -0.2) is 18.5 Å². The van der Waals surface area contributed by atoms with Crippen LogP contribution in [0.15, 0.2) is 46.9 Å². The summed E-state index contributed by atoms with van der Waals surface area (Å²) in [4.78, 5) is 24.9. The smallest absolute Gasteiger partial charge is 0.376 e. The van der Waals surface area contributed by atoms with Crippen molar-refractivity contribution in [3.05, 3.63) is 64.9 Å². The van der Waals surface area contributed by atoms with Crippen molar-refractivity contribution in [1.29, 1.82) is 0 Å². The van der Waals surface area contributed by atoms with E-state index >= 15 is 0 Å². The summed E-state index contributed by atoms with van der Waals surface area (Å²) in [5.74, 6) is -0.904. The number of nitrogens with one attached hydrogen (secondary N) is 1. The van der Waals surface area contributed by atoms with Gasteiger partial charge in [-0.1, -0.05) is 29.3 Å². The Bertz CT molecular complexity index is 935. The van der Waals surface area contributed by atoms with Gasteiger partial charge in [-0.3, -0.25) is 4.79 Å². The van der Waals surface area contributed by atoms with Gasteiger partial charge in [0.1, 0.15) is 11.3 Å². The molecule has 1 heterocycles. The Kier molecular flexibility index (Phi) is 4.57. The van der Waals surface area contributed by atoms with Crippen LogP contribution in [0.25, 0.3) is 11.0 Å². The van der Waals surface area contributed by atoms with Crippen molar-refractivity contribution in [3.8, 4) is 0 Å². The van der Waals surface area contributed by atoms with E-state index in [0.29, 0.717) is 22.2 Å². The van der Waals surface area contributed by atoms with E-state index in [1.165, 1.54) is 0 Å². The number of furan rings is 1. The van der Waals surface area contributed by atoms with E-state index in [2.05, 4.69) is 5.32 Å². The van der Waals surface area contributed by atoms with E-state index in [0.717, 1.165) is 11.1 Å². The lowest BCUT2D eigenvalue weighted by Gasteiger charge is -2.08. The Morgan fingerprint density at radius 3 is 2.44 bits per heavy atom. The van der Waals surface area contributed by atoms with Crippen LogP contribution < -0.4 is 5.32 Å². The number of anilines is 1. The number of para-hydroxylation sites is 1. The average molecular weight is 337 g/mol. The molecule has 0 aliphatic rings. The zero-order valence-electron chi connectivity index (χ0n) is 14.4. The third kappa shape index (κ3) is 3.40. The third-order valence-corrected chi connectivity index (χ3v) is 3.78. The first-order valence-corrected chi connectivity index (χ1v) is 8.08. The summed E-state index contributed by atoms with van der Waals surface area (Å²) in [6, 6.07) is 12.7. The van der Waals surface area contributed by atoms with Crippen molar-refractivity contribution in [2.45, 2.75) is 20.8 Å². The lowest BCUT2D eigenvalue weighted by Crippen LogP contribution is -2.15. The minimum absolute atomic E-state index is 0.000718. The minimum atomic E-state index is -0.602. The average Bonchev–Trinajstić information content (AvgIpc) is 2.93. The third-order valence-electron chi connectivity index (χ3n) is 3.78. The Morgan fingerprint density at radius 2 is 1.76 bits per heavy atom. The van der Waals surface area contributed by atoms with Gasteiger partial charge in [0, 0.05) is 10.9 Å². The number of rotatable bonds is 4. The molecule has 1 amide bonds. The second-order valence-electron chi connectivity index (χ2n) is 5.85. The highest BCUT2D eigenvalue weighted by atomic mass is 16.5. The quantitative estimate of drug-likeness (QED) is 0.713. The van der Waals surface area contributed by atoms with Crippen LogP contribution in [0.5, 0.6) is 0 Å². The number of esters is 1. The Morgan fingerprint density at radius 1 is 1.08 bits per heavy atom. The maximum Gasteiger partial charge on any atom is 0.376 e. The number of aryl methyl sites for hydroxylation is 2. The summed E-state index contributed by atoms with van der Waals surface area (Å²) in [6.45, 7) is 5.80. The van der Waals surface area contributed by atoms with Gasteiger partial charge in [-0.15, -0.1) is 0 Å². The fourth-order valence-corrected chi connectivity index (χ4v) is 2.80. The van der Waals surface area contributed by atoms with Gasteiger partial charge in [0.2, 0.25) is 5.76 Å². The fourth-order valence-electron chi connectivity index (χ4n) is 2.80. The molecule has 0 aliphatic carbocycles. The van der Waals surface area contributed by atoms with E-state index in [1.807, 2.05) is 26.0 Å². The molecular formula is C20H19NO4. The van der Waals surface area contributed by atoms with E-state index in [-0.39, 0.29) is 18.3 Å². The zero-order valence-corrected chi connectivity index (χ0v) is 14.4. The van der Waals surface area contributed by atoms with Crippen LogP contribution in [0.2, 0.25) is 0 Å². The molecular weight excluding hydrogens is 318 g/mol. The van der Waals surface area contributed by atoms with Crippen molar-refractivity contribution in [3.63, 3.8) is 0 Å². The summed E-state index contributed by atoms with van der Waals surface area (Å²) < 4.78 is 10.6. The molecule has 1 N–H and O–H groups in total. The van der Waals surface area contributed by atoms with Crippen LogP contribution in [0, 0.1) is 13.8 Å². The Hall–Kier alpha value is -3.08. The van der Waals surface area contributed by atoms with Crippen LogP contribution in [0.4, 0.5) is 5.69 Å².